The van der Waals surface area contributed by atoms with Crippen LogP contribution in [0.1, 0.15) is 11.1 Å². The lowest BCUT2D eigenvalue weighted by Gasteiger charge is -2.06. The zero-order chi connectivity index (χ0) is 10.4. The van der Waals surface area contributed by atoms with Gasteiger partial charge in [0.1, 0.15) is 0 Å². The summed E-state index contributed by atoms with van der Waals surface area (Å²) in [6, 6.07) is 9.52. The predicted octanol–water partition coefficient (Wildman–Crippen LogP) is 1.15. The highest BCUT2D eigenvalue weighted by Gasteiger charge is 1.95. The summed E-state index contributed by atoms with van der Waals surface area (Å²) in [5.41, 5.74) is 1.71. The van der Waals surface area contributed by atoms with Crippen LogP contribution in [-0.2, 0) is 6.54 Å². The molecule has 0 radical (unpaired) electrons. The number of thiocarbonyl (C=S) groups is 1. The van der Waals surface area contributed by atoms with Crippen molar-refractivity contribution in [2.45, 2.75) is 6.54 Å². The molecule has 0 fully saturated rings. The van der Waals surface area contributed by atoms with E-state index in [9.17, 15) is 0 Å². The van der Waals surface area contributed by atoms with E-state index in [1.807, 2.05) is 18.2 Å². The molecular weight excluding hydrogens is 194 g/mol. The topological polar surface area (TPSA) is 47.8 Å². The maximum atomic E-state index is 8.68. The average molecular weight is 205 g/mol. The van der Waals surface area contributed by atoms with Gasteiger partial charge in [-0.2, -0.15) is 5.26 Å². The second kappa shape index (κ2) is 5.20. The molecule has 1 aromatic carbocycles. The lowest BCUT2D eigenvalue weighted by Crippen LogP contribution is -2.31. The lowest BCUT2D eigenvalue weighted by molar-refractivity contribution is 0.890. The van der Waals surface area contributed by atoms with E-state index in [-0.39, 0.29) is 0 Å². The van der Waals surface area contributed by atoms with Crippen LogP contribution < -0.4 is 10.6 Å². The molecule has 3 nitrogen and oxygen atoms in total. The Bertz CT molecular complexity index is 368. The maximum absolute atomic E-state index is 8.68. The minimum Gasteiger partial charge on any atom is -0.366 e. The molecule has 0 heterocycles. The van der Waals surface area contributed by atoms with E-state index < -0.39 is 0 Å². The first-order valence-corrected chi connectivity index (χ1v) is 4.61. The van der Waals surface area contributed by atoms with Crippen molar-refractivity contribution in [3.05, 3.63) is 35.4 Å². The van der Waals surface area contributed by atoms with Crippen LogP contribution in [0.4, 0.5) is 0 Å². The number of nitrogens with one attached hydrogen (secondary N) is 2. The number of benzene rings is 1. The van der Waals surface area contributed by atoms with Crippen LogP contribution in [0, 0.1) is 11.3 Å². The molecule has 1 rings (SSSR count). The molecule has 0 unspecified atom stereocenters. The molecule has 72 valence electrons. The van der Waals surface area contributed by atoms with E-state index in [2.05, 4.69) is 16.7 Å². The van der Waals surface area contributed by atoms with Crippen LogP contribution in [-0.4, -0.2) is 12.2 Å². The molecule has 1 aromatic rings. The van der Waals surface area contributed by atoms with E-state index in [1.54, 1.807) is 13.1 Å². The van der Waals surface area contributed by atoms with Gasteiger partial charge in [-0.15, -0.1) is 0 Å². The highest BCUT2D eigenvalue weighted by atomic mass is 32.1. The predicted molar refractivity (Wildman–Crippen MR) is 59.7 cm³/mol. The first-order chi connectivity index (χ1) is 6.76. The van der Waals surface area contributed by atoms with Gasteiger partial charge in [0, 0.05) is 13.6 Å². The van der Waals surface area contributed by atoms with Gasteiger partial charge in [0.05, 0.1) is 11.6 Å². The first kappa shape index (κ1) is 10.5. The van der Waals surface area contributed by atoms with Gasteiger partial charge in [-0.1, -0.05) is 12.1 Å². The number of rotatable bonds is 2. The fourth-order valence-electron chi connectivity index (χ4n) is 1.02. The third kappa shape index (κ3) is 3.04. The molecule has 4 heteroatoms. The van der Waals surface area contributed by atoms with Gasteiger partial charge < -0.3 is 10.6 Å². The third-order valence-electron chi connectivity index (χ3n) is 1.74. The molecule has 0 aliphatic carbocycles. The van der Waals surface area contributed by atoms with Crippen molar-refractivity contribution in [3.63, 3.8) is 0 Å². The minimum atomic E-state index is 0.604. The zero-order valence-corrected chi connectivity index (χ0v) is 8.69. The number of nitriles is 1. The van der Waals surface area contributed by atoms with E-state index >= 15 is 0 Å². The molecule has 0 spiro atoms. The van der Waals surface area contributed by atoms with E-state index in [4.69, 9.17) is 17.5 Å². The summed E-state index contributed by atoms with van der Waals surface area (Å²) in [6.07, 6.45) is 0. The summed E-state index contributed by atoms with van der Waals surface area (Å²) >= 11 is 4.93. The molecule has 0 saturated carbocycles. The normalized spacial score (nSPS) is 8.86. The molecule has 0 aromatic heterocycles. The van der Waals surface area contributed by atoms with Crippen molar-refractivity contribution in [1.29, 1.82) is 5.26 Å². The largest absolute Gasteiger partial charge is 0.366 e. The molecular formula is C10H11N3S. The fourth-order valence-corrected chi connectivity index (χ4v) is 1.09. The highest BCUT2D eigenvalue weighted by Crippen LogP contribution is 2.03. The Labute approximate surface area is 88.7 Å². The van der Waals surface area contributed by atoms with Gasteiger partial charge in [-0.3, -0.25) is 0 Å². The summed E-state index contributed by atoms with van der Waals surface area (Å²) in [5.74, 6) is 0. The van der Waals surface area contributed by atoms with Gasteiger partial charge in [-0.25, -0.2) is 0 Å². The van der Waals surface area contributed by atoms with E-state index in [0.717, 1.165) is 5.56 Å². The van der Waals surface area contributed by atoms with Crippen LogP contribution >= 0.6 is 12.2 Å². The van der Waals surface area contributed by atoms with Gasteiger partial charge in [0.15, 0.2) is 5.11 Å². The van der Waals surface area contributed by atoms with Crippen LogP contribution in [0.15, 0.2) is 24.3 Å². The zero-order valence-electron chi connectivity index (χ0n) is 7.87. The maximum Gasteiger partial charge on any atom is 0.166 e. The standard InChI is InChI=1S/C10H11N3S/c1-12-10(14)13-7-9-4-2-3-8(5-9)6-11/h2-5H,7H2,1H3,(H2,12,13,14). The Morgan fingerprint density at radius 3 is 3.00 bits per heavy atom. The van der Waals surface area contributed by atoms with Gasteiger partial charge in [0.2, 0.25) is 0 Å². The fraction of sp³-hybridized carbons (Fsp3) is 0.200. The van der Waals surface area contributed by atoms with Crippen molar-refractivity contribution in [1.82, 2.24) is 10.6 Å². The Hall–Kier alpha value is -1.60. The van der Waals surface area contributed by atoms with Crippen molar-refractivity contribution in [3.8, 4) is 6.07 Å². The minimum absolute atomic E-state index is 0.604. The van der Waals surface area contributed by atoms with E-state index in [0.29, 0.717) is 17.2 Å². The van der Waals surface area contributed by atoms with Gasteiger partial charge >= 0.3 is 0 Å². The Kier molecular flexibility index (Phi) is 3.89. The van der Waals surface area contributed by atoms with Crippen molar-refractivity contribution >= 4 is 17.3 Å². The van der Waals surface area contributed by atoms with Gasteiger partial charge in [0.25, 0.3) is 0 Å². The van der Waals surface area contributed by atoms with Crippen LogP contribution in [0.2, 0.25) is 0 Å². The Morgan fingerprint density at radius 2 is 2.36 bits per heavy atom. The SMILES string of the molecule is CNC(=S)NCc1cccc(C#N)c1. The molecule has 14 heavy (non-hydrogen) atoms. The molecule has 0 aliphatic heterocycles. The summed E-state index contributed by atoms with van der Waals surface area (Å²) in [6.45, 7) is 0.634. The second-order valence-electron chi connectivity index (χ2n) is 2.74. The molecule has 0 saturated heterocycles. The number of hydrogen-bond acceptors (Lipinski definition) is 2. The average Bonchev–Trinajstić information content (AvgIpc) is 2.26. The quantitative estimate of drug-likeness (QED) is 0.711. The summed E-state index contributed by atoms with van der Waals surface area (Å²) < 4.78 is 0. The molecule has 0 bridgehead atoms. The van der Waals surface area contributed by atoms with Crippen molar-refractivity contribution in [2.75, 3.05) is 7.05 Å². The lowest BCUT2D eigenvalue weighted by atomic mass is 10.1. The molecule has 0 amide bonds. The third-order valence-corrected chi connectivity index (χ3v) is 2.08. The van der Waals surface area contributed by atoms with Crippen LogP contribution in [0.25, 0.3) is 0 Å². The Balaban J connectivity index is 2.60. The van der Waals surface area contributed by atoms with Crippen molar-refractivity contribution in [2.24, 2.45) is 0 Å². The van der Waals surface area contributed by atoms with Crippen molar-refractivity contribution < 1.29 is 0 Å². The second-order valence-corrected chi connectivity index (χ2v) is 3.15. The molecule has 0 atom stereocenters. The summed E-state index contributed by atoms with van der Waals surface area (Å²) in [4.78, 5) is 0. The molecule has 2 N–H and O–H groups in total. The first-order valence-electron chi connectivity index (χ1n) is 4.21. The monoisotopic (exact) mass is 205 g/mol. The number of nitrogens with zero attached hydrogens (tertiary/aromatic N) is 1. The smallest absolute Gasteiger partial charge is 0.166 e. The van der Waals surface area contributed by atoms with Crippen LogP contribution in [0.3, 0.4) is 0 Å². The van der Waals surface area contributed by atoms with Crippen LogP contribution in [0.5, 0.6) is 0 Å². The summed E-state index contributed by atoms with van der Waals surface area (Å²) in [7, 11) is 1.76. The Morgan fingerprint density at radius 1 is 1.57 bits per heavy atom. The highest BCUT2D eigenvalue weighted by molar-refractivity contribution is 7.80. The summed E-state index contributed by atoms with van der Waals surface area (Å²) in [5, 5.41) is 15.1. The molecule has 0 aliphatic rings. The van der Waals surface area contributed by atoms with E-state index in [1.165, 1.54) is 0 Å². The van der Waals surface area contributed by atoms with Gasteiger partial charge in [-0.05, 0) is 29.9 Å². The number of hydrogen-bond donors (Lipinski definition) is 2.